The Morgan fingerprint density at radius 3 is 3.11 bits per heavy atom. The molecule has 3 rings (SSSR count). The van der Waals surface area contributed by atoms with Gasteiger partial charge in [-0.15, -0.1) is 0 Å². The van der Waals surface area contributed by atoms with Crippen LogP contribution in [0.1, 0.15) is 19.6 Å². The Bertz CT molecular complexity index is 631. The van der Waals surface area contributed by atoms with Crippen molar-refractivity contribution < 1.29 is 14.2 Å². The molecule has 1 saturated heterocycles. The average molecular weight is 267 g/mol. The van der Waals surface area contributed by atoms with Crippen LogP contribution in [0, 0.1) is 11.5 Å². The van der Waals surface area contributed by atoms with Crippen LogP contribution in [0.15, 0.2) is 6.33 Å². The van der Waals surface area contributed by atoms with Crippen molar-refractivity contribution in [2.45, 2.75) is 19.6 Å². The third-order valence-corrected chi connectivity index (χ3v) is 3.40. The lowest BCUT2D eigenvalue weighted by molar-refractivity contribution is 0.0464. The highest BCUT2D eigenvalue weighted by molar-refractivity contribution is 5.81. The van der Waals surface area contributed by atoms with E-state index in [1.807, 2.05) is 6.92 Å². The number of imidazole rings is 1. The summed E-state index contributed by atoms with van der Waals surface area (Å²) in [5.74, 6) is 0.00386. The lowest BCUT2D eigenvalue weighted by Crippen LogP contribution is -2.21. The molecule has 102 valence electrons. The van der Waals surface area contributed by atoms with Crippen molar-refractivity contribution in [2.75, 3.05) is 18.9 Å². The number of hydrogen-bond donors (Lipinski definition) is 2. The Kier molecular flexibility index (Phi) is 2.64. The first kappa shape index (κ1) is 12.2. The van der Waals surface area contributed by atoms with Gasteiger partial charge in [-0.1, -0.05) is 6.92 Å². The first-order valence-corrected chi connectivity index (χ1v) is 5.90. The van der Waals surface area contributed by atoms with Gasteiger partial charge >= 0.3 is 6.08 Å². The zero-order chi connectivity index (χ0) is 13.6. The molecule has 1 fully saturated rings. The largest absolute Gasteiger partial charge is 0.396 e. The molecule has 3 N–H and O–H groups in total. The molecule has 0 spiro atoms. The Morgan fingerprint density at radius 2 is 2.42 bits per heavy atom. The summed E-state index contributed by atoms with van der Waals surface area (Å²) in [6.07, 6.45) is 0.870. The highest BCUT2D eigenvalue weighted by Gasteiger charge is 2.37. The summed E-state index contributed by atoms with van der Waals surface area (Å²) < 4.78 is 20.5. The third-order valence-electron chi connectivity index (χ3n) is 3.40. The zero-order valence-corrected chi connectivity index (χ0v) is 10.4. The molecule has 3 heterocycles. The van der Waals surface area contributed by atoms with Crippen molar-refractivity contribution in [3.63, 3.8) is 0 Å². The molecule has 0 bridgehead atoms. The molecule has 8 heteroatoms. The van der Waals surface area contributed by atoms with E-state index in [0.29, 0.717) is 24.2 Å². The summed E-state index contributed by atoms with van der Waals surface area (Å²) in [7, 11) is 0. The van der Waals surface area contributed by atoms with Crippen LogP contribution in [0.2, 0.25) is 0 Å². The molecule has 1 aliphatic rings. The number of halogens is 1. The number of nitrogens with two attached hydrogens (primary N) is 1. The standard InChI is InChI=1S/C11H14FN5O2/c1-11(3-18)2-6(19-4-11)17-5-14-7-8(13)15-10(12)16-9(7)17/h5-6,18H,2-4H2,1H3,(H2,13,15,16)/t6-,11+/m0/s1. The van der Waals surface area contributed by atoms with Gasteiger partial charge in [0, 0.05) is 11.8 Å². The number of fused-ring (bicyclic) bond motifs is 1. The van der Waals surface area contributed by atoms with Gasteiger partial charge in [0.1, 0.15) is 6.23 Å². The number of nitrogen functional groups attached to an aromatic ring is 1. The summed E-state index contributed by atoms with van der Waals surface area (Å²) in [6.45, 7) is 2.38. The number of ether oxygens (including phenoxy) is 1. The van der Waals surface area contributed by atoms with Crippen LogP contribution in [0.3, 0.4) is 0 Å². The van der Waals surface area contributed by atoms with Gasteiger partial charge in [-0.2, -0.15) is 14.4 Å². The van der Waals surface area contributed by atoms with E-state index in [4.69, 9.17) is 10.5 Å². The van der Waals surface area contributed by atoms with E-state index in [9.17, 15) is 9.50 Å². The van der Waals surface area contributed by atoms with E-state index >= 15 is 0 Å². The molecular formula is C11H14FN5O2. The number of rotatable bonds is 2. The molecule has 0 aromatic carbocycles. The van der Waals surface area contributed by atoms with Gasteiger partial charge in [0.2, 0.25) is 0 Å². The van der Waals surface area contributed by atoms with Crippen LogP contribution in [0.25, 0.3) is 11.2 Å². The van der Waals surface area contributed by atoms with E-state index < -0.39 is 6.08 Å². The third kappa shape index (κ3) is 1.92. The molecule has 7 nitrogen and oxygen atoms in total. The quantitative estimate of drug-likeness (QED) is 0.767. The number of aliphatic hydroxyl groups is 1. The minimum Gasteiger partial charge on any atom is -0.396 e. The molecule has 2 atom stereocenters. The van der Waals surface area contributed by atoms with Crippen LogP contribution in [-0.4, -0.2) is 37.8 Å². The molecule has 0 aliphatic carbocycles. The molecule has 0 unspecified atom stereocenters. The second kappa shape index (κ2) is 4.10. The molecule has 0 amide bonds. The fraction of sp³-hybridized carbons (Fsp3) is 0.545. The van der Waals surface area contributed by atoms with Gasteiger partial charge in [0.05, 0.1) is 19.5 Å². The van der Waals surface area contributed by atoms with Crippen LogP contribution in [0.4, 0.5) is 10.2 Å². The van der Waals surface area contributed by atoms with Crippen molar-refractivity contribution in [2.24, 2.45) is 5.41 Å². The second-order valence-corrected chi connectivity index (χ2v) is 5.14. The van der Waals surface area contributed by atoms with Crippen molar-refractivity contribution in [1.82, 2.24) is 19.5 Å². The number of anilines is 1. The van der Waals surface area contributed by atoms with Crippen molar-refractivity contribution >= 4 is 17.0 Å². The number of aromatic nitrogens is 4. The Morgan fingerprint density at radius 1 is 1.63 bits per heavy atom. The van der Waals surface area contributed by atoms with Gasteiger partial charge in [0.25, 0.3) is 0 Å². The zero-order valence-electron chi connectivity index (χ0n) is 10.4. The average Bonchev–Trinajstić information content (AvgIpc) is 2.94. The first-order chi connectivity index (χ1) is 9.02. The molecule has 0 radical (unpaired) electrons. The normalized spacial score (nSPS) is 27.2. The summed E-state index contributed by atoms with van der Waals surface area (Å²) >= 11 is 0. The van der Waals surface area contributed by atoms with Crippen LogP contribution >= 0.6 is 0 Å². The molecule has 19 heavy (non-hydrogen) atoms. The predicted octanol–water partition coefficient (Wildman–Crippen LogP) is 0.465. The molecule has 2 aromatic rings. The minimum absolute atomic E-state index is 0.00386. The smallest absolute Gasteiger partial charge is 0.312 e. The van der Waals surface area contributed by atoms with Crippen molar-refractivity contribution in [1.29, 1.82) is 0 Å². The van der Waals surface area contributed by atoms with Gasteiger partial charge < -0.3 is 15.6 Å². The number of hydrogen-bond acceptors (Lipinski definition) is 6. The maximum absolute atomic E-state index is 13.2. The maximum Gasteiger partial charge on any atom is 0.312 e. The monoisotopic (exact) mass is 267 g/mol. The topological polar surface area (TPSA) is 99.1 Å². The highest BCUT2D eigenvalue weighted by atomic mass is 19.1. The van der Waals surface area contributed by atoms with Crippen LogP contribution < -0.4 is 5.73 Å². The summed E-state index contributed by atoms with van der Waals surface area (Å²) in [6, 6.07) is 0. The van der Waals surface area contributed by atoms with E-state index in [2.05, 4.69) is 15.0 Å². The molecular weight excluding hydrogens is 253 g/mol. The lowest BCUT2D eigenvalue weighted by atomic mass is 9.90. The number of aliphatic hydroxyl groups excluding tert-OH is 1. The van der Waals surface area contributed by atoms with Crippen molar-refractivity contribution in [3.8, 4) is 0 Å². The fourth-order valence-electron chi connectivity index (χ4n) is 2.25. The molecule has 2 aromatic heterocycles. The molecule has 0 saturated carbocycles. The first-order valence-electron chi connectivity index (χ1n) is 5.90. The minimum atomic E-state index is -0.894. The van der Waals surface area contributed by atoms with E-state index in [-0.39, 0.29) is 24.1 Å². The van der Waals surface area contributed by atoms with E-state index in [1.54, 1.807) is 4.57 Å². The van der Waals surface area contributed by atoms with E-state index in [0.717, 1.165) is 0 Å². The molecule has 1 aliphatic heterocycles. The number of nitrogens with zero attached hydrogens (tertiary/aromatic N) is 4. The SMILES string of the molecule is C[C@@]1(CO)CO[C@H](n2cnc3c(N)nc(F)nc32)C1. The van der Waals surface area contributed by atoms with Gasteiger partial charge in [-0.05, 0) is 0 Å². The van der Waals surface area contributed by atoms with Crippen LogP contribution in [-0.2, 0) is 4.74 Å². The summed E-state index contributed by atoms with van der Waals surface area (Å²) in [5, 5.41) is 9.33. The Labute approximate surface area is 108 Å². The van der Waals surface area contributed by atoms with Gasteiger partial charge in [-0.25, -0.2) is 4.98 Å². The highest BCUT2D eigenvalue weighted by Crippen LogP contribution is 2.38. The Hall–Kier alpha value is -1.80. The van der Waals surface area contributed by atoms with E-state index in [1.165, 1.54) is 6.33 Å². The Balaban J connectivity index is 2.03. The maximum atomic E-state index is 13.2. The second-order valence-electron chi connectivity index (χ2n) is 5.14. The van der Waals surface area contributed by atoms with Gasteiger partial charge in [0.15, 0.2) is 17.0 Å². The summed E-state index contributed by atoms with van der Waals surface area (Å²) in [5.41, 5.74) is 5.95. The summed E-state index contributed by atoms with van der Waals surface area (Å²) in [4.78, 5) is 11.2. The fourth-order valence-corrected chi connectivity index (χ4v) is 2.25. The lowest BCUT2D eigenvalue weighted by Gasteiger charge is -2.17. The van der Waals surface area contributed by atoms with Gasteiger partial charge in [-0.3, -0.25) is 4.57 Å². The van der Waals surface area contributed by atoms with Crippen LogP contribution in [0.5, 0.6) is 0 Å². The predicted molar refractivity (Wildman–Crippen MR) is 64.5 cm³/mol. The van der Waals surface area contributed by atoms with Crippen molar-refractivity contribution in [3.05, 3.63) is 12.4 Å².